The first kappa shape index (κ1) is 16.6. The Balaban J connectivity index is 1.64. The van der Waals surface area contributed by atoms with Gasteiger partial charge in [-0.3, -0.25) is 0 Å². The van der Waals surface area contributed by atoms with Gasteiger partial charge in [0.1, 0.15) is 5.82 Å². The van der Waals surface area contributed by atoms with Gasteiger partial charge in [0.2, 0.25) is 0 Å². The SMILES string of the molecule is Cc1nccn1Cc1cccc(CN=C(N)N2CCCC(C)C2)c1. The number of aliphatic imine (C=N–C) groups is 1. The molecule has 2 heterocycles. The van der Waals surface area contributed by atoms with E-state index in [9.17, 15) is 0 Å². The molecule has 3 rings (SSSR count). The van der Waals surface area contributed by atoms with Crippen molar-refractivity contribution >= 4 is 5.96 Å². The maximum atomic E-state index is 6.19. The van der Waals surface area contributed by atoms with E-state index < -0.39 is 0 Å². The van der Waals surface area contributed by atoms with Crippen LogP contribution in [0.25, 0.3) is 0 Å². The van der Waals surface area contributed by atoms with Crippen LogP contribution in [0, 0.1) is 12.8 Å². The number of likely N-dealkylation sites (tertiary alicyclic amines) is 1. The zero-order chi connectivity index (χ0) is 16.9. The van der Waals surface area contributed by atoms with E-state index in [0.717, 1.165) is 25.5 Å². The van der Waals surface area contributed by atoms with Gasteiger partial charge in [0.25, 0.3) is 0 Å². The summed E-state index contributed by atoms with van der Waals surface area (Å²) in [5.74, 6) is 2.41. The summed E-state index contributed by atoms with van der Waals surface area (Å²) in [5, 5.41) is 0. The van der Waals surface area contributed by atoms with E-state index in [1.165, 1.54) is 24.0 Å². The lowest BCUT2D eigenvalue weighted by Gasteiger charge is -2.31. The van der Waals surface area contributed by atoms with E-state index in [4.69, 9.17) is 5.73 Å². The third-order valence-electron chi connectivity index (χ3n) is 4.67. The number of aryl methyl sites for hydroxylation is 1. The minimum atomic E-state index is 0.632. The standard InChI is InChI=1S/C19H27N5/c1-15-5-4-9-24(13-15)19(20)22-12-17-6-3-7-18(11-17)14-23-10-8-21-16(23)2/h3,6-8,10-11,15H,4-5,9,12-14H2,1-2H3,(H2,20,22). The van der Waals surface area contributed by atoms with Gasteiger partial charge in [-0.2, -0.15) is 0 Å². The lowest BCUT2D eigenvalue weighted by Crippen LogP contribution is -2.43. The number of nitrogens with two attached hydrogens (primary N) is 1. The number of hydrogen-bond acceptors (Lipinski definition) is 2. The quantitative estimate of drug-likeness (QED) is 0.694. The minimum Gasteiger partial charge on any atom is -0.370 e. The van der Waals surface area contributed by atoms with E-state index in [-0.39, 0.29) is 0 Å². The highest BCUT2D eigenvalue weighted by atomic mass is 15.3. The molecular formula is C19H27N5. The molecule has 5 nitrogen and oxygen atoms in total. The average molecular weight is 325 g/mol. The van der Waals surface area contributed by atoms with Gasteiger partial charge in [0.15, 0.2) is 5.96 Å². The highest BCUT2D eigenvalue weighted by molar-refractivity contribution is 5.78. The molecule has 0 amide bonds. The molecule has 0 radical (unpaired) electrons. The average Bonchev–Trinajstić information content (AvgIpc) is 2.98. The van der Waals surface area contributed by atoms with Gasteiger partial charge in [-0.15, -0.1) is 0 Å². The Bertz CT molecular complexity index is 703. The number of benzene rings is 1. The van der Waals surface area contributed by atoms with Gasteiger partial charge >= 0.3 is 0 Å². The van der Waals surface area contributed by atoms with Crippen molar-refractivity contribution in [1.29, 1.82) is 0 Å². The Kier molecular flexibility index (Phi) is 5.18. The van der Waals surface area contributed by atoms with Crippen molar-refractivity contribution in [3.8, 4) is 0 Å². The van der Waals surface area contributed by atoms with Crippen LogP contribution in [-0.2, 0) is 13.1 Å². The molecule has 0 spiro atoms. The third-order valence-corrected chi connectivity index (χ3v) is 4.67. The minimum absolute atomic E-state index is 0.632. The molecule has 1 fully saturated rings. The molecule has 2 N–H and O–H groups in total. The lowest BCUT2D eigenvalue weighted by atomic mass is 10.0. The third kappa shape index (κ3) is 4.16. The van der Waals surface area contributed by atoms with Crippen LogP contribution < -0.4 is 5.73 Å². The molecule has 2 aromatic rings. The predicted molar refractivity (Wildman–Crippen MR) is 97.8 cm³/mol. The van der Waals surface area contributed by atoms with Crippen molar-refractivity contribution in [1.82, 2.24) is 14.5 Å². The molecule has 1 aliphatic heterocycles. The maximum Gasteiger partial charge on any atom is 0.191 e. The van der Waals surface area contributed by atoms with Crippen molar-refractivity contribution in [2.75, 3.05) is 13.1 Å². The summed E-state index contributed by atoms with van der Waals surface area (Å²) in [6.07, 6.45) is 6.34. The molecule has 1 aromatic carbocycles. The first-order chi connectivity index (χ1) is 11.6. The van der Waals surface area contributed by atoms with E-state index in [2.05, 4.69) is 50.6 Å². The molecule has 5 heteroatoms. The number of piperidine rings is 1. The maximum absolute atomic E-state index is 6.19. The Hall–Kier alpha value is -2.30. The van der Waals surface area contributed by atoms with E-state index >= 15 is 0 Å². The Morgan fingerprint density at radius 1 is 1.38 bits per heavy atom. The summed E-state index contributed by atoms with van der Waals surface area (Å²) in [6, 6.07) is 8.54. The van der Waals surface area contributed by atoms with Crippen LogP contribution in [0.2, 0.25) is 0 Å². The molecule has 1 aromatic heterocycles. The molecule has 0 aliphatic carbocycles. The molecule has 128 valence electrons. The number of aromatic nitrogens is 2. The highest BCUT2D eigenvalue weighted by Gasteiger charge is 2.17. The van der Waals surface area contributed by atoms with Crippen molar-refractivity contribution in [2.24, 2.45) is 16.6 Å². The summed E-state index contributed by atoms with van der Waals surface area (Å²) >= 11 is 0. The van der Waals surface area contributed by atoms with Crippen LogP contribution in [0.5, 0.6) is 0 Å². The summed E-state index contributed by atoms with van der Waals surface area (Å²) in [6.45, 7) is 7.82. The highest BCUT2D eigenvalue weighted by Crippen LogP contribution is 2.15. The van der Waals surface area contributed by atoms with Gasteiger partial charge < -0.3 is 15.2 Å². The fraction of sp³-hybridized carbons (Fsp3) is 0.474. The summed E-state index contributed by atoms with van der Waals surface area (Å²) in [7, 11) is 0. The fourth-order valence-electron chi connectivity index (χ4n) is 3.26. The summed E-state index contributed by atoms with van der Waals surface area (Å²) < 4.78 is 2.14. The zero-order valence-corrected chi connectivity index (χ0v) is 14.7. The van der Waals surface area contributed by atoms with E-state index in [0.29, 0.717) is 18.4 Å². The number of guanidine groups is 1. The van der Waals surface area contributed by atoms with Crippen molar-refractivity contribution in [3.05, 3.63) is 53.6 Å². The van der Waals surface area contributed by atoms with Gasteiger partial charge in [0.05, 0.1) is 6.54 Å². The first-order valence-electron chi connectivity index (χ1n) is 8.72. The van der Waals surface area contributed by atoms with Crippen molar-refractivity contribution < 1.29 is 0 Å². The van der Waals surface area contributed by atoms with Crippen LogP contribution in [-0.4, -0.2) is 33.5 Å². The Morgan fingerprint density at radius 2 is 2.21 bits per heavy atom. The van der Waals surface area contributed by atoms with Crippen LogP contribution in [0.3, 0.4) is 0 Å². The second-order valence-electron chi connectivity index (χ2n) is 6.79. The van der Waals surface area contributed by atoms with Gasteiger partial charge in [-0.05, 0) is 36.8 Å². The predicted octanol–water partition coefficient (Wildman–Crippen LogP) is 2.79. The lowest BCUT2D eigenvalue weighted by molar-refractivity contribution is 0.270. The van der Waals surface area contributed by atoms with Crippen LogP contribution in [0.4, 0.5) is 0 Å². The molecule has 1 aliphatic rings. The van der Waals surface area contributed by atoms with Gasteiger partial charge in [-0.25, -0.2) is 9.98 Å². The molecule has 1 atom stereocenters. The van der Waals surface area contributed by atoms with Gasteiger partial charge in [0, 0.05) is 32.0 Å². The monoisotopic (exact) mass is 325 g/mol. The summed E-state index contributed by atoms with van der Waals surface area (Å²) in [5.41, 5.74) is 8.64. The fourth-order valence-corrected chi connectivity index (χ4v) is 3.26. The summed E-state index contributed by atoms with van der Waals surface area (Å²) in [4.78, 5) is 11.1. The smallest absolute Gasteiger partial charge is 0.191 e. The molecule has 1 unspecified atom stereocenters. The number of rotatable bonds is 4. The largest absolute Gasteiger partial charge is 0.370 e. The van der Waals surface area contributed by atoms with Gasteiger partial charge in [-0.1, -0.05) is 31.2 Å². The van der Waals surface area contributed by atoms with E-state index in [1.807, 2.05) is 19.3 Å². The Labute approximate surface area is 144 Å². The second kappa shape index (κ2) is 7.51. The molecule has 1 saturated heterocycles. The van der Waals surface area contributed by atoms with Crippen molar-refractivity contribution in [3.63, 3.8) is 0 Å². The molecule has 0 bridgehead atoms. The molecule has 0 saturated carbocycles. The zero-order valence-electron chi connectivity index (χ0n) is 14.7. The van der Waals surface area contributed by atoms with Crippen LogP contribution in [0.15, 0.2) is 41.7 Å². The Morgan fingerprint density at radius 3 is 2.96 bits per heavy atom. The normalized spacial score (nSPS) is 18.8. The number of hydrogen-bond donors (Lipinski definition) is 1. The van der Waals surface area contributed by atoms with Crippen molar-refractivity contribution in [2.45, 2.75) is 39.8 Å². The number of nitrogens with zero attached hydrogens (tertiary/aromatic N) is 4. The molecular weight excluding hydrogens is 298 g/mol. The second-order valence-corrected chi connectivity index (χ2v) is 6.79. The number of imidazole rings is 1. The van der Waals surface area contributed by atoms with Crippen LogP contribution in [0.1, 0.15) is 36.7 Å². The first-order valence-corrected chi connectivity index (χ1v) is 8.72. The molecule has 24 heavy (non-hydrogen) atoms. The topological polar surface area (TPSA) is 59.4 Å². The van der Waals surface area contributed by atoms with E-state index in [1.54, 1.807) is 0 Å². The van der Waals surface area contributed by atoms with Crippen LogP contribution >= 0.6 is 0 Å².